The van der Waals surface area contributed by atoms with E-state index in [1.54, 1.807) is 0 Å². The number of halogens is 1. The normalized spacial score (nSPS) is 12.2. The maximum Gasteiger partial charge on any atom is 0.235 e. The Morgan fingerprint density at radius 2 is 2.33 bits per heavy atom. The second kappa shape index (κ2) is 5.73. The van der Waals surface area contributed by atoms with Gasteiger partial charge in [0.05, 0.1) is 6.10 Å². The molecule has 1 amide bonds. The molecule has 0 spiro atoms. The second-order valence-electron chi connectivity index (χ2n) is 3.37. The predicted octanol–water partition coefficient (Wildman–Crippen LogP) is 1.38. The van der Waals surface area contributed by atoms with Gasteiger partial charge in [-0.3, -0.25) is 4.79 Å². The first-order chi connectivity index (χ1) is 7.13. The van der Waals surface area contributed by atoms with Gasteiger partial charge in [0.15, 0.2) is 0 Å². The number of hydrogen-bond acceptors (Lipinski definition) is 2. The fourth-order valence-corrected chi connectivity index (χ4v) is 1.35. The number of amides is 1. The lowest BCUT2D eigenvalue weighted by atomic mass is 10.1. The van der Waals surface area contributed by atoms with E-state index in [2.05, 4.69) is 5.32 Å². The number of rotatable bonds is 4. The first-order valence-electron chi connectivity index (χ1n) is 4.70. The zero-order chi connectivity index (χ0) is 11.3. The van der Waals surface area contributed by atoms with Crippen molar-refractivity contribution in [2.45, 2.75) is 13.0 Å². The smallest absolute Gasteiger partial charge is 0.235 e. The highest BCUT2D eigenvalue weighted by Crippen LogP contribution is 2.13. The van der Waals surface area contributed by atoms with Gasteiger partial charge in [0.25, 0.3) is 0 Å². The Labute approximate surface area is 94.1 Å². The van der Waals surface area contributed by atoms with Crippen LogP contribution in [0.1, 0.15) is 17.2 Å². The Bertz CT molecular complexity index is 341. The molecule has 1 unspecified atom stereocenters. The molecule has 2 N–H and O–H groups in total. The molecule has 0 heterocycles. The van der Waals surface area contributed by atoms with E-state index < -0.39 is 6.10 Å². The van der Waals surface area contributed by atoms with Gasteiger partial charge in [-0.2, -0.15) is 0 Å². The lowest BCUT2D eigenvalue weighted by Crippen LogP contribution is -2.29. The first kappa shape index (κ1) is 12.0. The fourth-order valence-electron chi connectivity index (χ4n) is 1.25. The SMILES string of the molecule is Cc1cccc(C(O)CNC(=O)CCl)c1. The molecule has 0 radical (unpaired) electrons. The molecule has 15 heavy (non-hydrogen) atoms. The van der Waals surface area contributed by atoms with Crippen LogP contribution in [0.4, 0.5) is 0 Å². The molecular formula is C11H14ClNO2. The predicted molar refractivity (Wildman–Crippen MR) is 59.9 cm³/mol. The van der Waals surface area contributed by atoms with E-state index in [1.165, 1.54) is 0 Å². The van der Waals surface area contributed by atoms with E-state index in [9.17, 15) is 9.90 Å². The van der Waals surface area contributed by atoms with Crippen molar-refractivity contribution in [3.63, 3.8) is 0 Å². The second-order valence-corrected chi connectivity index (χ2v) is 3.63. The molecule has 1 atom stereocenters. The highest BCUT2D eigenvalue weighted by atomic mass is 35.5. The van der Waals surface area contributed by atoms with E-state index in [1.807, 2.05) is 31.2 Å². The standard InChI is InChI=1S/C11H14ClNO2/c1-8-3-2-4-9(5-8)10(14)7-13-11(15)6-12/h2-5,10,14H,6-7H2,1H3,(H,13,15). The first-order valence-corrected chi connectivity index (χ1v) is 5.24. The van der Waals surface area contributed by atoms with Gasteiger partial charge < -0.3 is 10.4 Å². The third kappa shape index (κ3) is 3.90. The molecule has 0 aliphatic rings. The van der Waals surface area contributed by atoms with Crippen LogP contribution in [0.5, 0.6) is 0 Å². The molecule has 3 nitrogen and oxygen atoms in total. The third-order valence-electron chi connectivity index (χ3n) is 2.04. The summed E-state index contributed by atoms with van der Waals surface area (Å²) in [6, 6.07) is 7.53. The van der Waals surface area contributed by atoms with Crippen molar-refractivity contribution in [2.75, 3.05) is 12.4 Å². The van der Waals surface area contributed by atoms with Gasteiger partial charge in [0.1, 0.15) is 5.88 Å². The quantitative estimate of drug-likeness (QED) is 0.764. The summed E-state index contributed by atoms with van der Waals surface area (Å²) < 4.78 is 0. The summed E-state index contributed by atoms with van der Waals surface area (Å²) in [5, 5.41) is 12.3. The average Bonchev–Trinajstić information content (AvgIpc) is 2.25. The Kier molecular flexibility index (Phi) is 4.59. The van der Waals surface area contributed by atoms with Crippen LogP contribution in [0.2, 0.25) is 0 Å². The number of aliphatic hydroxyl groups is 1. The summed E-state index contributed by atoms with van der Waals surface area (Å²) in [4.78, 5) is 10.9. The fraction of sp³-hybridized carbons (Fsp3) is 0.364. The molecule has 0 saturated heterocycles. The van der Waals surface area contributed by atoms with Crippen LogP contribution in [0.3, 0.4) is 0 Å². The molecule has 0 bridgehead atoms. The molecule has 0 aliphatic heterocycles. The van der Waals surface area contributed by atoms with Crippen LogP contribution in [0.15, 0.2) is 24.3 Å². The van der Waals surface area contributed by atoms with Crippen molar-refractivity contribution in [3.8, 4) is 0 Å². The Morgan fingerprint density at radius 3 is 2.93 bits per heavy atom. The van der Waals surface area contributed by atoms with Gasteiger partial charge in [0, 0.05) is 6.54 Å². The zero-order valence-electron chi connectivity index (χ0n) is 8.53. The Hall–Kier alpha value is -1.06. The molecule has 0 aliphatic carbocycles. The Morgan fingerprint density at radius 1 is 1.60 bits per heavy atom. The largest absolute Gasteiger partial charge is 0.387 e. The van der Waals surface area contributed by atoms with E-state index in [0.29, 0.717) is 0 Å². The van der Waals surface area contributed by atoms with Crippen LogP contribution < -0.4 is 5.32 Å². The summed E-state index contributed by atoms with van der Waals surface area (Å²) in [5.41, 5.74) is 1.88. The van der Waals surface area contributed by atoms with E-state index in [4.69, 9.17) is 11.6 Å². The van der Waals surface area contributed by atoms with Gasteiger partial charge in [-0.1, -0.05) is 29.8 Å². The average molecular weight is 228 g/mol. The lowest BCUT2D eigenvalue weighted by molar-refractivity contribution is -0.119. The minimum Gasteiger partial charge on any atom is -0.387 e. The number of benzene rings is 1. The number of nitrogens with one attached hydrogen (secondary N) is 1. The minimum atomic E-state index is -0.683. The van der Waals surface area contributed by atoms with E-state index in [-0.39, 0.29) is 18.3 Å². The van der Waals surface area contributed by atoms with Gasteiger partial charge in [-0.05, 0) is 12.5 Å². The molecule has 0 aromatic heterocycles. The topological polar surface area (TPSA) is 49.3 Å². The van der Waals surface area contributed by atoms with Crippen molar-refractivity contribution in [1.82, 2.24) is 5.32 Å². The van der Waals surface area contributed by atoms with Crippen LogP contribution in [0.25, 0.3) is 0 Å². The van der Waals surface area contributed by atoms with Crippen molar-refractivity contribution in [1.29, 1.82) is 0 Å². The van der Waals surface area contributed by atoms with Gasteiger partial charge in [-0.25, -0.2) is 0 Å². The van der Waals surface area contributed by atoms with Crippen molar-refractivity contribution in [2.24, 2.45) is 0 Å². The Balaban J connectivity index is 2.53. The van der Waals surface area contributed by atoms with Gasteiger partial charge >= 0.3 is 0 Å². The number of alkyl halides is 1. The van der Waals surface area contributed by atoms with Crippen LogP contribution >= 0.6 is 11.6 Å². The summed E-state index contributed by atoms with van der Waals surface area (Å²) >= 11 is 5.31. The molecule has 1 aromatic carbocycles. The molecular weight excluding hydrogens is 214 g/mol. The molecule has 4 heteroatoms. The molecule has 0 saturated carbocycles. The molecule has 82 valence electrons. The summed E-state index contributed by atoms with van der Waals surface area (Å²) in [5.74, 6) is -0.357. The molecule has 1 rings (SSSR count). The number of aliphatic hydroxyl groups excluding tert-OH is 1. The summed E-state index contributed by atoms with van der Waals surface area (Å²) in [6.45, 7) is 2.14. The number of hydrogen-bond donors (Lipinski definition) is 2. The van der Waals surface area contributed by atoms with Gasteiger partial charge in [0.2, 0.25) is 5.91 Å². The van der Waals surface area contributed by atoms with E-state index in [0.717, 1.165) is 11.1 Å². The van der Waals surface area contributed by atoms with Crippen LogP contribution in [-0.2, 0) is 4.79 Å². The van der Waals surface area contributed by atoms with Gasteiger partial charge in [-0.15, -0.1) is 11.6 Å². The monoisotopic (exact) mass is 227 g/mol. The van der Waals surface area contributed by atoms with Crippen molar-refractivity contribution >= 4 is 17.5 Å². The molecule has 1 aromatic rings. The summed E-state index contributed by atoms with van der Waals surface area (Å²) in [7, 11) is 0. The maximum absolute atomic E-state index is 10.9. The third-order valence-corrected chi connectivity index (χ3v) is 2.28. The highest BCUT2D eigenvalue weighted by molar-refractivity contribution is 6.27. The number of carbonyl (C=O) groups excluding carboxylic acids is 1. The minimum absolute atomic E-state index is 0.0828. The maximum atomic E-state index is 10.9. The lowest BCUT2D eigenvalue weighted by Gasteiger charge is -2.12. The van der Waals surface area contributed by atoms with Crippen molar-refractivity contribution in [3.05, 3.63) is 35.4 Å². The highest BCUT2D eigenvalue weighted by Gasteiger charge is 2.08. The van der Waals surface area contributed by atoms with Crippen molar-refractivity contribution < 1.29 is 9.90 Å². The zero-order valence-corrected chi connectivity index (χ0v) is 9.29. The number of carbonyl (C=O) groups is 1. The van der Waals surface area contributed by atoms with Crippen LogP contribution in [0, 0.1) is 6.92 Å². The van der Waals surface area contributed by atoms with Crippen LogP contribution in [-0.4, -0.2) is 23.4 Å². The summed E-state index contributed by atoms with van der Waals surface area (Å²) in [6.07, 6.45) is -0.683. The van der Waals surface area contributed by atoms with E-state index >= 15 is 0 Å². The number of aryl methyl sites for hydroxylation is 1. The molecule has 0 fully saturated rings.